The summed E-state index contributed by atoms with van der Waals surface area (Å²) >= 11 is 0. The van der Waals surface area contributed by atoms with Crippen molar-refractivity contribution in [2.45, 2.75) is 12.5 Å². The molecule has 0 bridgehead atoms. The molecule has 3 N–H and O–H groups in total. The SMILES string of the molecule is O=C(O)C[C@H](NC(=O)C1C=COC1=O)C(=O)O. The molecule has 1 heterocycles. The minimum Gasteiger partial charge on any atom is -0.481 e. The van der Waals surface area contributed by atoms with E-state index < -0.39 is 42.2 Å². The third-order valence-corrected chi connectivity index (χ3v) is 1.98. The van der Waals surface area contributed by atoms with Crippen LogP contribution in [-0.2, 0) is 23.9 Å². The monoisotopic (exact) mass is 243 g/mol. The lowest BCUT2D eigenvalue weighted by Gasteiger charge is -2.13. The standard InChI is InChI=1S/C9H9NO7/c11-6(12)3-5(8(14)15)10-7(13)4-1-2-17-9(4)16/h1-2,4-5H,3H2,(H,10,13)(H,11,12)(H,14,15)/t4?,5-/m0/s1. The van der Waals surface area contributed by atoms with E-state index in [-0.39, 0.29) is 0 Å². The quantitative estimate of drug-likeness (QED) is 0.404. The largest absolute Gasteiger partial charge is 0.481 e. The molecule has 0 saturated heterocycles. The maximum atomic E-state index is 11.4. The fourth-order valence-electron chi connectivity index (χ4n) is 1.17. The number of hydrogen-bond donors (Lipinski definition) is 3. The first kappa shape index (κ1) is 12.7. The van der Waals surface area contributed by atoms with E-state index in [0.29, 0.717) is 0 Å². The number of hydrogen-bond acceptors (Lipinski definition) is 5. The summed E-state index contributed by atoms with van der Waals surface area (Å²) in [5.41, 5.74) is 0. The highest BCUT2D eigenvalue weighted by Crippen LogP contribution is 2.11. The average molecular weight is 243 g/mol. The van der Waals surface area contributed by atoms with Crippen LogP contribution in [0.2, 0.25) is 0 Å². The third kappa shape index (κ3) is 3.30. The minimum atomic E-state index is -1.58. The summed E-state index contributed by atoms with van der Waals surface area (Å²) in [6.45, 7) is 0. The summed E-state index contributed by atoms with van der Waals surface area (Å²) in [6, 6.07) is -1.58. The summed E-state index contributed by atoms with van der Waals surface area (Å²) in [7, 11) is 0. The molecule has 2 atom stereocenters. The first-order valence-corrected chi connectivity index (χ1v) is 4.54. The molecule has 0 saturated carbocycles. The van der Waals surface area contributed by atoms with Gasteiger partial charge in [-0.1, -0.05) is 0 Å². The van der Waals surface area contributed by atoms with Crippen molar-refractivity contribution in [2.24, 2.45) is 5.92 Å². The number of aliphatic carboxylic acids is 2. The van der Waals surface area contributed by atoms with Crippen molar-refractivity contribution in [1.82, 2.24) is 5.32 Å². The van der Waals surface area contributed by atoms with Gasteiger partial charge in [0.2, 0.25) is 5.91 Å². The van der Waals surface area contributed by atoms with Crippen LogP contribution in [0, 0.1) is 5.92 Å². The van der Waals surface area contributed by atoms with Crippen LogP contribution in [0.15, 0.2) is 12.3 Å². The van der Waals surface area contributed by atoms with Crippen molar-refractivity contribution in [2.75, 3.05) is 0 Å². The summed E-state index contributed by atoms with van der Waals surface area (Å²) < 4.78 is 4.37. The zero-order chi connectivity index (χ0) is 13.0. The van der Waals surface area contributed by atoms with E-state index in [2.05, 4.69) is 4.74 Å². The van der Waals surface area contributed by atoms with E-state index in [9.17, 15) is 19.2 Å². The van der Waals surface area contributed by atoms with E-state index >= 15 is 0 Å². The first-order valence-electron chi connectivity index (χ1n) is 4.54. The molecule has 1 aliphatic heterocycles. The van der Waals surface area contributed by atoms with Gasteiger partial charge in [-0.15, -0.1) is 0 Å². The maximum Gasteiger partial charge on any atom is 0.327 e. The predicted molar refractivity (Wildman–Crippen MR) is 50.5 cm³/mol. The molecule has 8 heteroatoms. The molecule has 1 unspecified atom stereocenters. The average Bonchev–Trinajstić information content (AvgIpc) is 2.62. The molecular weight excluding hydrogens is 234 g/mol. The predicted octanol–water partition coefficient (Wildman–Crippen LogP) is -1.28. The topological polar surface area (TPSA) is 130 Å². The lowest BCUT2D eigenvalue weighted by Crippen LogP contribution is -2.45. The molecule has 8 nitrogen and oxygen atoms in total. The molecule has 17 heavy (non-hydrogen) atoms. The van der Waals surface area contributed by atoms with Crippen LogP contribution in [0.5, 0.6) is 0 Å². The first-order chi connectivity index (χ1) is 7.91. The minimum absolute atomic E-state index is 0.771. The summed E-state index contributed by atoms with van der Waals surface area (Å²) in [4.78, 5) is 43.4. The highest BCUT2D eigenvalue weighted by atomic mass is 16.5. The second-order valence-electron chi connectivity index (χ2n) is 3.24. The van der Waals surface area contributed by atoms with Crippen LogP contribution in [0.1, 0.15) is 6.42 Å². The van der Waals surface area contributed by atoms with Crippen molar-refractivity contribution in [3.05, 3.63) is 12.3 Å². The molecular formula is C9H9NO7. The number of carboxylic acid groups (broad SMARTS) is 2. The van der Waals surface area contributed by atoms with Gasteiger partial charge in [-0.3, -0.25) is 14.4 Å². The summed E-state index contributed by atoms with van der Waals surface area (Å²) in [5, 5.41) is 19.1. The van der Waals surface area contributed by atoms with Crippen LogP contribution < -0.4 is 5.32 Å². The van der Waals surface area contributed by atoms with E-state index in [1.807, 2.05) is 5.32 Å². The van der Waals surface area contributed by atoms with Crippen molar-refractivity contribution < 1.29 is 34.1 Å². The van der Waals surface area contributed by atoms with E-state index in [1.165, 1.54) is 0 Å². The Morgan fingerprint density at radius 3 is 2.47 bits per heavy atom. The molecule has 0 aromatic rings. The van der Waals surface area contributed by atoms with Gasteiger partial charge in [-0.25, -0.2) is 4.79 Å². The van der Waals surface area contributed by atoms with Gasteiger partial charge in [0, 0.05) is 0 Å². The van der Waals surface area contributed by atoms with Gasteiger partial charge >= 0.3 is 17.9 Å². The Balaban J connectivity index is 2.64. The molecule has 1 aliphatic rings. The second kappa shape index (κ2) is 5.10. The Labute approximate surface area is 94.9 Å². The van der Waals surface area contributed by atoms with Crippen LogP contribution in [0.25, 0.3) is 0 Å². The number of carboxylic acids is 2. The van der Waals surface area contributed by atoms with Crippen LogP contribution in [0.3, 0.4) is 0 Å². The number of carbonyl (C=O) groups excluding carboxylic acids is 2. The Kier molecular flexibility index (Phi) is 3.81. The van der Waals surface area contributed by atoms with Crippen molar-refractivity contribution >= 4 is 23.8 Å². The lowest BCUT2D eigenvalue weighted by atomic mass is 10.1. The molecule has 92 valence electrons. The second-order valence-corrected chi connectivity index (χ2v) is 3.24. The number of esters is 1. The van der Waals surface area contributed by atoms with Crippen LogP contribution in [0.4, 0.5) is 0 Å². The van der Waals surface area contributed by atoms with E-state index in [0.717, 1.165) is 12.3 Å². The molecule has 0 spiro atoms. The number of nitrogens with one attached hydrogen (secondary N) is 1. The highest BCUT2D eigenvalue weighted by Gasteiger charge is 2.32. The van der Waals surface area contributed by atoms with Gasteiger partial charge in [-0.2, -0.15) is 0 Å². The Morgan fingerprint density at radius 1 is 1.41 bits per heavy atom. The number of ether oxygens (including phenoxy) is 1. The normalized spacial score (nSPS) is 19.5. The Morgan fingerprint density at radius 2 is 2.06 bits per heavy atom. The van der Waals surface area contributed by atoms with Gasteiger partial charge < -0.3 is 20.3 Å². The van der Waals surface area contributed by atoms with Crippen LogP contribution in [-0.4, -0.2) is 40.1 Å². The highest BCUT2D eigenvalue weighted by molar-refractivity contribution is 6.02. The molecule has 0 aromatic carbocycles. The fraction of sp³-hybridized carbons (Fsp3) is 0.333. The number of carbonyl (C=O) groups is 4. The number of rotatable bonds is 5. The van der Waals surface area contributed by atoms with E-state index in [1.54, 1.807) is 0 Å². The third-order valence-electron chi connectivity index (χ3n) is 1.98. The van der Waals surface area contributed by atoms with Gasteiger partial charge in [0.25, 0.3) is 0 Å². The van der Waals surface area contributed by atoms with Gasteiger partial charge in [-0.05, 0) is 6.08 Å². The number of amides is 1. The molecule has 0 radical (unpaired) electrons. The molecule has 1 amide bonds. The van der Waals surface area contributed by atoms with Crippen molar-refractivity contribution in [3.8, 4) is 0 Å². The lowest BCUT2D eigenvalue weighted by molar-refractivity contribution is -0.149. The molecule has 0 fully saturated rings. The fourth-order valence-corrected chi connectivity index (χ4v) is 1.17. The maximum absolute atomic E-state index is 11.4. The van der Waals surface area contributed by atoms with Gasteiger partial charge in [0.15, 0.2) is 5.92 Å². The van der Waals surface area contributed by atoms with Crippen molar-refractivity contribution in [1.29, 1.82) is 0 Å². The smallest absolute Gasteiger partial charge is 0.327 e. The van der Waals surface area contributed by atoms with Crippen LogP contribution >= 0.6 is 0 Å². The zero-order valence-electron chi connectivity index (χ0n) is 8.45. The Bertz CT molecular complexity index is 400. The van der Waals surface area contributed by atoms with Gasteiger partial charge in [0.05, 0.1) is 12.7 Å². The van der Waals surface area contributed by atoms with Gasteiger partial charge in [0.1, 0.15) is 6.04 Å². The summed E-state index contributed by atoms with van der Waals surface area (Å²) in [5.74, 6) is -5.83. The number of cyclic esters (lactones) is 1. The summed E-state index contributed by atoms with van der Waals surface area (Å²) in [6.07, 6.45) is 1.39. The van der Waals surface area contributed by atoms with Crippen molar-refractivity contribution in [3.63, 3.8) is 0 Å². The molecule has 0 aromatic heterocycles. The molecule has 1 rings (SSSR count). The van der Waals surface area contributed by atoms with E-state index in [4.69, 9.17) is 10.2 Å². The Hall–Kier alpha value is -2.38. The zero-order valence-corrected chi connectivity index (χ0v) is 8.45. The molecule has 0 aliphatic carbocycles.